The molecule has 6 heteroatoms. The third kappa shape index (κ3) is 4.29. The standard InChI is InChI=1S/C15H18ClN3O2/c1-4-9-20-12-8-6-5-7-11(12)13-17-14(16)19-15(18-13)21-10(2)3/h5-8,10H,4,9H2,1-3H3. The largest absolute Gasteiger partial charge is 0.493 e. The number of nitrogens with zero attached hydrogens (tertiary/aromatic N) is 3. The number of benzene rings is 1. The molecule has 0 aliphatic rings. The second-order valence-corrected chi connectivity index (χ2v) is 5.06. The lowest BCUT2D eigenvalue weighted by Crippen LogP contribution is -2.10. The molecule has 112 valence electrons. The Labute approximate surface area is 129 Å². The molecule has 0 fully saturated rings. The van der Waals surface area contributed by atoms with Gasteiger partial charge in [0.2, 0.25) is 5.28 Å². The first kappa shape index (κ1) is 15.5. The maximum Gasteiger partial charge on any atom is 0.321 e. The minimum Gasteiger partial charge on any atom is -0.493 e. The average molecular weight is 308 g/mol. The molecule has 0 bridgehead atoms. The van der Waals surface area contributed by atoms with Crippen molar-refractivity contribution in [3.05, 3.63) is 29.5 Å². The van der Waals surface area contributed by atoms with E-state index < -0.39 is 0 Å². The second-order valence-electron chi connectivity index (χ2n) is 4.72. The SMILES string of the molecule is CCCOc1ccccc1-c1nc(Cl)nc(OC(C)C)n1. The van der Waals surface area contributed by atoms with Crippen molar-refractivity contribution in [3.8, 4) is 23.1 Å². The van der Waals surface area contributed by atoms with Crippen molar-refractivity contribution >= 4 is 11.6 Å². The Morgan fingerprint density at radius 1 is 1.14 bits per heavy atom. The van der Waals surface area contributed by atoms with Crippen LogP contribution in [0.2, 0.25) is 5.28 Å². The van der Waals surface area contributed by atoms with Gasteiger partial charge in [-0.1, -0.05) is 19.1 Å². The van der Waals surface area contributed by atoms with E-state index in [0.29, 0.717) is 12.4 Å². The molecule has 0 aliphatic heterocycles. The molecule has 0 saturated carbocycles. The number of para-hydroxylation sites is 1. The van der Waals surface area contributed by atoms with Gasteiger partial charge in [-0.3, -0.25) is 0 Å². The van der Waals surface area contributed by atoms with Crippen LogP contribution in [0.3, 0.4) is 0 Å². The lowest BCUT2D eigenvalue weighted by molar-refractivity contribution is 0.221. The van der Waals surface area contributed by atoms with Crippen molar-refractivity contribution in [2.75, 3.05) is 6.61 Å². The number of hydrogen-bond donors (Lipinski definition) is 0. The van der Waals surface area contributed by atoms with E-state index in [2.05, 4.69) is 21.9 Å². The highest BCUT2D eigenvalue weighted by Gasteiger charge is 2.13. The van der Waals surface area contributed by atoms with Crippen LogP contribution in [-0.2, 0) is 0 Å². The fourth-order valence-electron chi connectivity index (χ4n) is 1.71. The van der Waals surface area contributed by atoms with Gasteiger partial charge in [0.15, 0.2) is 5.82 Å². The maximum atomic E-state index is 5.96. The molecule has 21 heavy (non-hydrogen) atoms. The Balaban J connectivity index is 2.39. The summed E-state index contributed by atoms with van der Waals surface area (Å²) in [7, 11) is 0. The fraction of sp³-hybridized carbons (Fsp3) is 0.400. The Kier molecular flexibility index (Phi) is 5.33. The fourth-order valence-corrected chi connectivity index (χ4v) is 1.86. The average Bonchev–Trinajstić information content (AvgIpc) is 2.44. The zero-order valence-electron chi connectivity index (χ0n) is 12.3. The Bertz CT molecular complexity index is 605. The minimum atomic E-state index is -0.0390. The van der Waals surface area contributed by atoms with Crippen LogP contribution in [0.4, 0.5) is 0 Å². The third-order valence-corrected chi connectivity index (χ3v) is 2.69. The van der Waals surface area contributed by atoms with E-state index in [9.17, 15) is 0 Å². The van der Waals surface area contributed by atoms with Gasteiger partial charge in [-0.05, 0) is 44.0 Å². The summed E-state index contributed by atoms with van der Waals surface area (Å²) < 4.78 is 11.2. The van der Waals surface area contributed by atoms with Gasteiger partial charge < -0.3 is 9.47 Å². The van der Waals surface area contributed by atoms with Crippen LogP contribution >= 0.6 is 11.6 Å². The van der Waals surface area contributed by atoms with Crippen molar-refractivity contribution in [2.24, 2.45) is 0 Å². The summed E-state index contributed by atoms with van der Waals surface area (Å²) in [4.78, 5) is 12.4. The first-order valence-electron chi connectivity index (χ1n) is 6.90. The van der Waals surface area contributed by atoms with Crippen molar-refractivity contribution in [3.63, 3.8) is 0 Å². The molecule has 0 spiro atoms. The minimum absolute atomic E-state index is 0.0390. The van der Waals surface area contributed by atoms with Crippen LogP contribution in [0.1, 0.15) is 27.2 Å². The highest BCUT2D eigenvalue weighted by atomic mass is 35.5. The molecular formula is C15H18ClN3O2. The zero-order chi connectivity index (χ0) is 15.2. The van der Waals surface area contributed by atoms with Gasteiger partial charge in [0.05, 0.1) is 18.3 Å². The number of hydrogen-bond acceptors (Lipinski definition) is 5. The van der Waals surface area contributed by atoms with Gasteiger partial charge in [0, 0.05) is 0 Å². The number of ether oxygens (including phenoxy) is 2. The first-order chi connectivity index (χ1) is 10.1. The van der Waals surface area contributed by atoms with Gasteiger partial charge >= 0.3 is 6.01 Å². The highest BCUT2D eigenvalue weighted by Crippen LogP contribution is 2.28. The van der Waals surface area contributed by atoms with Gasteiger partial charge in [-0.25, -0.2) is 0 Å². The molecule has 1 aromatic heterocycles. The molecule has 2 rings (SSSR count). The first-order valence-corrected chi connectivity index (χ1v) is 7.28. The quantitative estimate of drug-likeness (QED) is 0.813. The van der Waals surface area contributed by atoms with Crippen LogP contribution < -0.4 is 9.47 Å². The highest BCUT2D eigenvalue weighted by molar-refractivity contribution is 6.28. The molecule has 0 unspecified atom stereocenters. The molecule has 2 aromatic rings. The van der Waals surface area contributed by atoms with Crippen molar-refractivity contribution < 1.29 is 9.47 Å². The van der Waals surface area contributed by atoms with Gasteiger partial charge in [0.1, 0.15) is 5.75 Å². The number of rotatable bonds is 6. The lowest BCUT2D eigenvalue weighted by Gasteiger charge is -2.11. The summed E-state index contributed by atoms with van der Waals surface area (Å²) in [5, 5.41) is 0.0981. The van der Waals surface area contributed by atoms with E-state index >= 15 is 0 Å². The number of halogens is 1. The van der Waals surface area contributed by atoms with Crippen LogP contribution in [0.5, 0.6) is 11.8 Å². The van der Waals surface area contributed by atoms with Crippen LogP contribution in [0.25, 0.3) is 11.4 Å². The van der Waals surface area contributed by atoms with E-state index in [1.54, 1.807) is 0 Å². The van der Waals surface area contributed by atoms with Crippen molar-refractivity contribution in [1.82, 2.24) is 15.0 Å². The van der Waals surface area contributed by atoms with Gasteiger partial charge in [0.25, 0.3) is 0 Å². The molecule has 1 aromatic carbocycles. The van der Waals surface area contributed by atoms with Crippen LogP contribution in [0.15, 0.2) is 24.3 Å². The Morgan fingerprint density at radius 3 is 2.62 bits per heavy atom. The smallest absolute Gasteiger partial charge is 0.321 e. The van der Waals surface area contributed by atoms with E-state index in [-0.39, 0.29) is 17.4 Å². The topological polar surface area (TPSA) is 57.1 Å². The summed E-state index contributed by atoms with van der Waals surface area (Å²) in [6.07, 6.45) is 0.886. The lowest BCUT2D eigenvalue weighted by atomic mass is 10.2. The number of aromatic nitrogens is 3. The third-order valence-electron chi connectivity index (χ3n) is 2.52. The normalized spacial score (nSPS) is 10.7. The summed E-state index contributed by atoms with van der Waals surface area (Å²) in [5.74, 6) is 1.16. The second kappa shape index (κ2) is 7.22. The molecule has 0 radical (unpaired) electrons. The molecule has 0 atom stereocenters. The molecule has 1 heterocycles. The summed E-state index contributed by atoms with van der Waals surface area (Å²) in [6.45, 7) is 6.48. The molecule has 0 aliphatic carbocycles. The molecule has 5 nitrogen and oxygen atoms in total. The monoisotopic (exact) mass is 307 g/mol. The predicted molar refractivity (Wildman–Crippen MR) is 81.8 cm³/mol. The van der Waals surface area contributed by atoms with E-state index in [0.717, 1.165) is 17.7 Å². The summed E-state index contributed by atoms with van der Waals surface area (Å²) in [6, 6.07) is 7.78. The zero-order valence-corrected chi connectivity index (χ0v) is 13.1. The molecular weight excluding hydrogens is 290 g/mol. The summed E-state index contributed by atoms with van der Waals surface area (Å²) in [5.41, 5.74) is 0.767. The van der Waals surface area contributed by atoms with Crippen LogP contribution in [0, 0.1) is 0 Å². The van der Waals surface area contributed by atoms with Gasteiger partial charge in [-0.15, -0.1) is 0 Å². The van der Waals surface area contributed by atoms with Crippen LogP contribution in [-0.4, -0.2) is 27.7 Å². The maximum absolute atomic E-state index is 5.96. The Hall–Kier alpha value is -1.88. The van der Waals surface area contributed by atoms with Gasteiger partial charge in [-0.2, -0.15) is 15.0 Å². The molecule has 0 amide bonds. The van der Waals surface area contributed by atoms with E-state index in [1.165, 1.54) is 0 Å². The predicted octanol–water partition coefficient (Wildman–Crippen LogP) is 3.77. The van der Waals surface area contributed by atoms with Crippen molar-refractivity contribution in [1.29, 1.82) is 0 Å². The Morgan fingerprint density at radius 2 is 1.90 bits per heavy atom. The summed E-state index contributed by atoms with van der Waals surface area (Å²) >= 11 is 5.96. The van der Waals surface area contributed by atoms with Crippen molar-refractivity contribution in [2.45, 2.75) is 33.3 Å². The molecule has 0 N–H and O–H groups in total. The van der Waals surface area contributed by atoms with E-state index in [4.69, 9.17) is 21.1 Å². The molecule has 0 saturated heterocycles. The van der Waals surface area contributed by atoms with E-state index in [1.807, 2.05) is 38.1 Å².